The standard InChI is InChI=1S/C21H21N3O2/c1-14-7-8-19(15(2)11-14)23-17-9-10-22-20(13-17)21(25)24-16-5-4-6-18(12-16)26-3/h4-13H,1-3H3,(H,22,23)(H,24,25). The van der Waals surface area contributed by atoms with Crippen LogP contribution >= 0.6 is 0 Å². The lowest BCUT2D eigenvalue weighted by molar-refractivity contribution is 0.102. The molecule has 1 aromatic heterocycles. The lowest BCUT2D eigenvalue weighted by Gasteiger charge is -2.11. The maximum absolute atomic E-state index is 12.5. The van der Waals surface area contributed by atoms with Gasteiger partial charge in [0.25, 0.3) is 5.91 Å². The van der Waals surface area contributed by atoms with Gasteiger partial charge >= 0.3 is 0 Å². The van der Waals surface area contributed by atoms with Crippen molar-refractivity contribution in [3.05, 3.63) is 77.6 Å². The van der Waals surface area contributed by atoms with E-state index in [0.29, 0.717) is 17.1 Å². The van der Waals surface area contributed by atoms with Gasteiger partial charge in [-0.2, -0.15) is 0 Å². The Morgan fingerprint density at radius 2 is 1.85 bits per heavy atom. The summed E-state index contributed by atoms with van der Waals surface area (Å²) < 4.78 is 5.17. The maximum Gasteiger partial charge on any atom is 0.274 e. The fraction of sp³-hybridized carbons (Fsp3) is 0.143. The summed E-state index contributed by atoms with van der Waals surface area (Å²) in [7, 11) is 1.59. The summed E-state index contributed by atoms with van der Waals surface area (Å²) in [4.78, 5) is 16.7. The second-order valence-electron chi connectivity index (χ2n) is 6.06. The van der Waals surface area contributed by atoms with Crippen molar-refractivity contribution < 1.29 is 9.53 Å². The normalized spacial score (nSPS) is 10.3. The average molecular weight is 347 g/mol. The molecule has 0 fully saturated rings. The molecule has 0 radical (unpaired) electrons. The molecule has 0 bridgehead atoms. The predicted octanol–water partition coefficient (Wildman–Crippen LogP) is 4.70. The fourth-order valence-electron chi connectivity index (χ4n) is 2.64. The highest BCUT2D eigenvalue weighted by atomic mass is 16.5. The van der Waals surface area contributed by atoms with E-state index in [1.54, 1.807) is 31.5 Å². The van der Waals surface area contributed by atoms with Crippen LogP contribution in [0.2, 0.25) is 0 Å². The maximum atomic E-state index is 12.5. The van der Waals surface area contributed by atoms with Crippen LogP contribution in [0.3, 0.4) is 0 Å². The molecular weight excluding hydrogens is 326 g/mol. The zero-order chi connectivity index (χ0) is 18.5. The van der Waals surface area contributed by atoms with Gasteiger partial charge in [-0.15, -0.1) is 0 Å². The first-order valence-corrected chi connectivity index (χ1v) is 8.31. The van der Waals surface area contributed by atoms with E-state index in [9.17, 15) is 4.79 Å². The molecule has 0 aliphatic carbocycles. The van der Waals surface area contributed by atoms with Crippen molar-refractivity contribution in [3.63, 3.8) is 0 Å². The van der Waals surface area contributed by atoms with Crippen LogP contribution in [0.5, 0.6) is 5.75 Å². The molecule has 5 heteroatoms. The van der Waals surface area contributed by atoms with E-state index in [2.05, 4.69) is 28.6 Å². The zero-order valence-electron chi connectivity index (χ0n) is 15.0. The quantitative estimate of drug-likeness (QED) is 0.702. The molecule has 1 amide bonds. The van der Waals surface area contributed by atoms with Crippen LogP contribution in [-0.2, 0) is 0 Å². The summed E-state index contributed by atoms with van der Waals surface area (Å²) in [6.45, 7) is 4.11. The van der Waals surface area contributed by atoms with E-state index in [4.69, 9.17) is 4.74 Å². The van der Waals surface area contributed by atoms with Crippen molar-refractivity contribution in [1.82, 2.24) is 4.98 Å². The largest absolute Gasteiger partial charge is 0.497 e. The van der Waals surface area contributed by atoms with E-state index in [0.717, 1.165) is 16.9 Å². The van der Waals surface area contributed by atoms with Crippen LogP contribution in [0.25, 0.3) is 0 Å². The molecule has 0 aliphatic rings. The van der Waals surface area contributed by atoms with Gasteiger partial charge in [-0.3, -0.25) is 9.78 Å². The summed E-state index contributed by atoms with van der Waals surface area (Å²) in [5.74, 6) is 0.406. The number of amides is 1. The Labute approximate surface area is 153 Å². The number of ether oxygens (including phenoxy) is 1. The topological polar surface area (TPSA) is 63.2 Å². The number of carbonyl (C=O) groups is 1. The number of aromatic nitrogens is 1. The van der Waals surface area contributed by atoms with Crippen LogP contribution < -0.4 is 15.4 Å². The van der Waals surface area contributed by atoms with E-state index >= 15 is 0 Å². The number of benzene rings is 2. The van der Waals surface area contributed by atoms with Gasteiger partial charge in [-0.1, -0.05) is 23.8 Å². The molecule has 0 unspecified atom stereocenters. The van der Waals surface area contributed by atoms with Gasteiger partial charge in [0.15, 0.2) is 0 Å². The summed E-state index contributed by atoms with van der Waals surface area (Å²) in [5, 5.41) is 6.17. The third-order valence-electron chi connectivity index (χ3n) is 3.98. The fourth-order valence-corrected chi connectivity index (χ4v) is 2.64. The zero-order valence-corrected chi connectivity index (χ0v) is 15.0. The minimum absolute atomic E-state index is 0.275. The summed E-state index contributed by atoms with van der Waals surface area (Å²) >= 11 is 0. The van der Waals surface area contributed by atoms with Crippen molar-refractivity contribution in [2.75, 3.05) is 17.7 Å². The number of hydrogen-bond donors (Lipinski definition) is 2. The lowest BCUT2D eigenvalue weighted by Crippen LogP contribution is -2.13. The average Bonchev–Trinajstić information content (AvgIpc) is 2.64. The van der Waals surface area contributed by atoms with Crippen LogP contribution in [-0.4, -0.2) is 18.0 Å². The smallest absolute Gasteiger partial charge is 0.274 e. The molecule has 0 saturated carbocycles. The monoisotopic (exact) mass is 347 g/mol. The Bertz CT molecular complexity index is 938. The van der Waals surface area contributed by atoms with Gasteiger partial charge in [0.05, 0.1) is 7.11 Å². The number of pyridine rings is 1. The van der Waals surface area contributed by atoms with Crippen molar-refractivity contribution in [3.8, 4) is 5.75 Å². The number of anilines is 3. The molecule has 1 heterocycles. The predicted molar refractivity (Wildman–Crippen MR) is 104 cm³/mol. The Morgan fingerprint density at radius 3 is 2.62 bits per heavy atom. The number of methoxy groups -OCH3 is 1. The highest BCUT2D eigenvalue weighted by Crippen LogP contribution is 2.22. The molecule has 0 atom stereocenters. The molecule has 0 spiro atoms. The molecule has 2 aromatic carbocycles. The highest BCUT2D eigenvalue weighted by molar-refractivity contribution is 6.03. The van der Waals surface area contributed by atoms with Gasteiger partial charge in [-0.05, 0) is 49.7 Å². The van der Waals surface area contributed by atoms with E-state index in [1.165, 1.54) is 5.56 Å². The Kier molecular flexibility index (Phi) is 5.17. The first-order chi connectivity index (χ1) is 12.5. The van der Waals surface area contributed by atoms with Crippen LogP contribution in [0.4, 0.5) is 17.1 Å². The molecular formula is C21H21N3O2. The number of aryl methyl sites for hydroxylation is 2. The Balaban J connectivity index is 1.76. The minimum atomic E-state index is -0.275. The summed E-state index contributed by atoms with van der Waals surface area (Å²) in [6, 6.07) is 17.0. The third-order valence-corrected chi connectivity index (χ3v) is 3.98. The molecule has 132 valence electrons. The van der Waals surface area contributed by atoms with Crippen LogP contribution in [0, 0.1) is 13.8 Å². The highest BCUT2D eigenvalue weighted by Gasteiger charge is 2.10. The van der Waals surface area contributed by atoms with E-state index in [1.807, 2.05) is 37.3 Å². The number of hydrogen-bond acceptors (Lipinski definition) is 4. The van der Waals surface area contributed by atoms with Crippen molar-refractivity contribution in [2.24, 2.45) is 0 Å². The van der Waals surface area contributed by atoms with Gasteiger partial charge < -0.3 is 15.4 Å². The minimum Gasteiger partial charge on any atom is -0.497 e. The first kappa shape index (κ1) is 17.5. The van der Waals surface area contributed by atoms with Gasteiger partial charge in [-0.25, -0.2) is 0 Å². The second-order valence-corrected chi connectivity index (χ2v) is 6.06. The van der Waals surface area contributed by atoms with E-state index in [-0.39, 0.29) is 5.91 Å². The first-order valence-electron chi connectivity index (χ1n) is 8.31. The third kappa shape index (κ3) is 4.19. The Hall–Kier alpha value is -3.34. The number of nitrogens with one attached hydrogen (secondary N) is 2. The number of rotatable bonds is 5. The molecule has 3 rings (SSSR count). The molecule has 5 nitrogen and oxygen atoms in total. The number of carbonyl (C=O) groups excluding carboxylic acids is 1. The van der Waals surface area contributed by atoms with Crippen LogP contribution in [0.15, 0.2) is 60.8 Å². The molecule has 0 saturated heterocycles. The van der Waals surface area contributed by atoms with Gasteiger partial charge in [0, 0.05) is 29.3 Å². The second kappa shape index (κ2) is 7.70. The molecule has 26 heavy (non-hydrogen) atoms. The van der Waals surface area contributed by atoms with Gasteiger partial charge in [0.2, 0.25) is 0 Å². The van der Waals surface area contributed by atoms with Crippen LogP contribution in [0.1, 0.15) is 21.6 Å². The summed E-state index contributed by atoms with van der Waals surface area (Å²) in [6.07, 6.45) is 1.62. The summed E-state index contributed by atoms with van der Waals surface area (Å²) in [5.41, 5.74) is 5.15. The van der Waals surface area contributed by atoms with E-state index < -0.39 is 0 Å². The lowest BCUT2D eigenvalue weighted by atomic mass is 10.1. The SMILES string of the molecule is COc1cccc(NC(=O)c2cc(Nc3ccc(C)cc3C)ccn2)c1. The van der Waals surface area contributed by atoms with Crippen molar-refractivity contribution in [2.45, 2.75) is 13.8 Å². The molecule has 3 aromatic rings. The van der Waals surface area contributed by atoms with Crippen molar-refractivity contribution >= 4 is 23.0 Å². The van der Waals surface area contributed by atoms with Gasteiger partial charge in [0.1, 0.15) is 11.4 Å². The van der Waals surface area contributed by atoms with Crippen molar-refractivity contribution in [1.29, 1.82) is 0 Å². The molecule has 2 N–H and O–H groups in total. The molecule has 0 aliphatic heterocycles. The Morgan fingerprint density at radius 1 is 1.00 bits per heavy atom. The number of nitrogens with zero attached hydrogens (tertiary/aromatic N) is 1.